The lowest BCUT2D eigenvalue weighted by Crippen LogP contribution is -2.20. The van der Waals surface area contributed by atoms with Crippen molar-refractivity contribution in [1.29, 1.82) is 0 Å². The third kappa shape index (κ3) is 3.40. The lowest BCUT2D eigenvalue weighted by molar-refractivity contribution is 1.12. The summed E-state index contributed by atoms with van der Waals surface area (Å²) in [5, 5.41) is 1.43. The van der Waals surface area contributed by atoms with E-state index in [2.05, 4.69) is 48.4 Å². The molecule has 0 atom stereocenters. The van der Waals surface area contributed by atoms with Crippen LogP contribution >= 0.6 is 23.2 Å². The fraction of sp³-hybridized carbons (Fsp3) is 0.0400. The van der Waals surface area contributed by atoms with Gasteiger partial charge < -0.3 is 4.90 Å². The van der Waals surface area contributed by atoms with Crippen molar-refractivity contribution in [1.82, 2.24) is 0 Å². The van der Waals surface area contributed by atoms with Crippen molar-refractivity contribution in [3.8, 4) is 0 Å². The number of rotatable bonds is 3. The zero-order chi connectivity index (χ0) is 19.8. The standard InChI is InChI=1S/C25H19Cl2N/c1-16-13-23(20-5-4-6-22(27)14-20)24-15-19(9-12-25(24)28(16)3)17(2)18-7-10-21(26)11-8-18/h4-15H,1-2H2,3H3. The van der Waals surface area contributed by atoms with Gasteiger partial charge in [-0.3, -0.25) is 0 Å². The predicted octanol–water partition coefficient (Wildman–Crippen LogP) is 7.45. The molecule has 28 heavy (non-hydrogen) atoms. The highest BCUT2D eigenvalue weighted by molar-refractivity contribution is 6.31. The molecule has 1 aliphatic rings. The van der Waals surface area contributed by atoms with Crippen LogP contribution in [0.25, 0.3) is 11.1 Å². The first-order valence-electron chi connectivity index (χ1n) is 8.94. The van der Waals surface area contributed by atoms with Gasteiger partial charge in [-0.15, -0.1) is 0 Å². The first-order valence-corrected chi connectivity index (χ1v) is 9.69. The summed E-state index contributed by atoms with van der Waals surface area (Å²) in [5.74, 6) is 0. The van der Waals surface area contributed by atoms with Crippen LogP contribution in [0.2, 0.25) is 10.0 Å². The van der Waals surface area contributed by atoms with Crippen LogP contribution in [0.1, 0.15) is 22.3 Å². The molecule has 1 heterocycles. The maximum Gasteiger partial charge on any atom is 0.0488 e. The molecule has 0 saturated heterocycles. The summed E-state index contributed by atoms with van der Waals surface area (Å²) in [6.07, 6.45) is 2.10. The summed E-state index contributed by atoms with van der Waals surface area (Å²) in [4.78, 5) is 2.10. The third-order valence-corrected chi connectivity index (χ3v) is 5.55. The van der Waals surface area contributed by atoms with Gasteiger partial charge in [-0.2, -0.15) is 0 Å². The Hall–Kier alpha value is -2.74. The summed E-state index contributed by atoms with van der Waals surface area (Å²) in [7, 11) is 2.03. The summed E-state index contributed by atoms with van der Waals surface area (Å²) in [6, 6.07) is 22.1. The minimum atomic E-state index is 0.714. The Kier molecular flexibility index (Phi) is 4.89. The second-order valence-corrected chi connectivity index (χ2v) is 7.71. The van der Waals surface area contributed by atoms with E-state index in [0.29, 0.717) is 10.0 Å². The van der Waals surface area contributed by atoms with E-state index in [1.165, 1.54) is 0 Å². The van der Waals surface area contributed by atoms with Gasteiger partial charge in [0, 0.05) is 34.0 Å². The fourth-order valence-electron chi connectivity index (χ4n) is 3.44. The van der Waals surface area contributed by atoms with Crippen LogP contribution in [0.4, 0.5) is 5.69 Å². The molecule has 0 unspecified atom stereocenters. The summed E-state index contributed by atoms with van der Waals surface area (Å²) < 4.78 is 0. The molecule has 0 fully saturated rings. The molecule has 0 bridgehead atoms. The largest absolute Gasteiger partial charge is 0.345 e. The monoisotopic (exact) mass is 403 g/mol. The first-order chi connectivity index (χ1) is 13.4. The number of allylic oxidation sites excluding steroid dienone is 1. The molecule has 4 rings (SSSR count). The van der Waals surface area contributed by atoms with E-state index < -0.39 is 0 Å². The zero-order valence-corrected chi connectivity index (χ0v) is 17.1. The molecule has 0 spiro atoms. The lowest BCUT2D eigenvalue weighted by atomic mass is 9.89. The smallest absolute Gasteiger partial charge is 0.0488 e. The molecule has 0 N–H and O–H groups in total. The Bertz CT molecular complexity index is 1120. The highest BCUT2D eigenvalue weighted by atomic mass is 35.5. The number of fused-ring (bicyclic) bond motifs is 1. The minimum Gasteiger partial charge on any atom is -0.345 e. The highest BCUT2D eigenvalue weighted by Gasteiger charge is 2.21. The van der Waals surface area contributed by atoms with E-state index in [-0.39, 0.29) is 0 Å². The molecular weight excluding hydrogens is 385 g/mol. The molecule has 1 nitrogen and oxygen atoms in total. The molecule has 0 saturated carbocycles. The average molecular weight is 404 g/mol. The van der Waals surface area contributed by atoms with Crippen molar-refractivity contribution in [2.45, 2.75) is 0 Å². The third-order valence-electron chi connectivity index (χ3n) is 5.07. The SMILES string of the molecule is C=C(c1ccc(Cl)cc1)c1ccc2c(c1)C(c1cccc(Cl)c1)=CC(=C)N2C. The number of halogens is 2. The second kappa shape index (κ2) is 7.35. The normalized spacial score (nSPS) is 13.2. The fourth-order valence-corrected chi connectivity index (χ4v) is 3.76. The Labute approximate surface area is 175 Å². The van der Waals surface area contributed by atoms with Gasteiger partial charge in [-0.1, -0.05) is 66.7 Å². The topological polar surface area (TPSA) is 3.24 Å². The van der Waals surface area contributed by atoms with Crippen molar-refractivity contribution in [2.24, 2.45) is 0 Å². The molecular formula is C25H19Cl2N. The van der Waals surface area contributed by atoms with Crippen LogP contribution in [0.15, 0.2) is 91.7 Å². The van der Waals surface area contributed by atoms with E-state index >= 15 is 0 Å². The van der Waals surface area contributed by atoms with Gasteiger partial charge in [0.05, 0.1) is 0 Å². The number of benzene rings is 3. The van der Waals surface area contributed by atoms with Crippen LogP contribution in [0.3, 0.4) is 0 Å². The van der Waals surface area contributed by atoms with Gasteiger partial charge in [0.1, 0.15) is 0 Å². The second-order valence-electron chi connectivity index (χ2n) is 6.84. The summed E-state index contributed by atoms with van der Waals surface area (Å²) in [6.45, 7) is 8.50. The van der Waals surface area contributed by atoms with Crippen molar-refractivity contribution >= 4 is 40.0 Å². The molecule has 1 aliphatic heterocycles. The molecule has 138 valence electrons. The van der Waals surface area contributed by atoms with Crippen LogP contribution < -0.4 is 4.90 Å². The average Bonchev–Trinajstić information content (AvgIpc) is 2.70. The van der Waals surface area contributed by atoms with Crippen LogP contribution in [-0.4, -0.2) is 7.05 Å². The quantitative estimate of drug-likeness (QED) is 0.438. The summed E-state index contributed by atoms with van der Waals surface area (Å²) in [5.41, 5.74) is 8.41. The maximum atomic E-state index is 6.25. The van der Waals surface area contributed by atoms with Crippen LogP contribution in [-0.2, 0) is 0 Å². The Morgan fingerprint density at radius 2 is 1.57 bits per heavy atom. The van der Waals surface area contributed by atoms with E-state index in [9.17, 15) is 0 Å². The number of hydrogen-bond acceptors (Lipinski definition) is 1. The molecule has 3 aromatic rings. The van der Waals surface area contributed by atoms with Crippen molar-refractivity contribution in [3.05, 3.63) is 124 Å². The van der Waals surface area contributed by atoms with Crippen LogP contribution in [0, 0.1) is 0 Å². The molecule has 0 aliphatic carbocycles. The van der Waals surface area contributed by atoms with Gasteiger partial charge in [0.25, 0.3) is 0 Å². The molecule has 0 radical (unpaired) electrons. The Morgan fingerprint density at radius 1 is 0.857 bits per heavy atom. The molecule has 3 aromatic carbocycles. The first kappa shape index (κ1) is 18.6. The number of hydrogen-bond donors (Lipinski definition) is 0. The summed E-state index contributed by atoms with van der Waals surface area (Å²) >= 11 is 12.3. The van der Waals surface area contributed by atoms with E-state index in [4.69, 9.17) is 23.2 Å². The van der Waals surface area contributed by atoms with Gasteiger partial charge in [-0.05, 0) is 70.3 Å². The van der Waals surface area contributed by atoms with Gasteiger partial charge in [0.2, 0.25) is 0 Å². The number of nitrogens with zero attached hydrogens (tertiary/aromatic N) is 1. The molecule has 0 amide bonds. The van der Waals surface area contributed by atoms with Crippen molar-refractivity contribution in [3.63, 3.8) is 0 Å². The van der Waals surface area contributed by atoms with Gasteiger partial charge in [-0.25, -0.2) is 0 Å². The van der Waals surface area contributed by atoms with Gasteiger partial charge in [0.15, 0.2) is 0 Å². The zero-order valence-electron chi connectivity index (χ0n) is 15.5. The molecule has 3 heteroatoms. The number of likely N-dealkylation sites (N-methyl/N-ethyl adjacent to an activating group) is 1. The van der Waals surface area contributed by atoms with Crippen molar-refractivity contribution < 1.29 is 0 Å². The van der Waals surface area contributed by atoms with Gasteiger partial charge >= 0.3 is 0 Å². The van der Waals surface area contributed by atoms with E-state index in [1.807, 2.05) is 49.5 Å². The molecule has 0 aromatic heterocycles. The van der Waals surface area contributed by atoms with E-state index in [0.717, 1.165) is 44.8 Å². The minimum absolute atomic E-state index is 0.714. The van der Waals surface area contributed by atoms with Crippen LogP contribution in [0.5, 0.6) is 0 Å². The highest BCUT2D eigenvalue weighted by Crippen LogP contribution is 2.40. The number of anilines is 1. The Morgan fingerprint density at radius 3 is 2.29 bits per heavy atom. The lowest BCUT2D eigenvalue weighted by Gasteiger charge is -2.30. The maximum absolute atomic E-state index is 6.25. The van der Waals surface area contributed by atoms with E-state index in [1.54, 1.807) is 0 Å². The Balaban J connectivity index is 1.83. The van der Waals surface area contributed by atoms with Crippen molar-refractivity contribution in [2.75, 3.05) is 11.9 Å². The predicted molar refractivity (Wildman–Crippen MR) is 122 cm³/mol.